The smallest absolute Gasteiger partial charge is 0.263 e. The fraction of sp³-hybridized carbons (Fsp3) is 0.577. The first-order chi connectivity index (χ1) is 16.5. The number of rotatable bonds is 8. The third kappa shape index (κ3) is 4.29. The van der Waals surface area contributed by atoms with Gasteiger partial charge in [-0.25, -0.2) is 4.98 Å². The molecule has 1 fully saturated rings. The number of thioether (sulfide) groups is 1. The maximum atomic E-state index is 13.8. The highest BCUT2D eigenvalue weighted by molar-refractivity contribution is 7.99. The molecule has 0 radical (unpaired) electrons. The number of nitrogens with zero attached hydrogens (tertiary/aromatic N) is 3. The molecule has 0 saturated heterocycles. The fourth-order valence-corrected chi connectivity index (χ4v) is 7.86. The van der Waals surface area contributed by atoms with Crippen molar-refractivity contribution in [1.82, 2.24) is 14.1 Å². The van der Waals surface area contributed by atoms with Crippen LogP contribution < -0.4 is 5.56 Å². The van der Waals surface area contributed by atoms with Crippen molar-refractivity contribution >= 4 is 39.1 Å². The Balaban J connectivity index is 1.47. The average molecular weight is 500 g/mol. The number of hydrogen-bond acceptors (Lipinski definition) is 6. The summed E-state index contributed by atoms with van der Waals surface area (Å²) in [5.41, 5.74) is 4.15. The molecular weight excluding hydrogens is 466 g/mol. The first-order valence-electron chi connectivity index (χ1n) is 12.4. The van der Waals surface area contributed by atoms with E-state index in [1.165, 1.54) is 28.6 Å². The zero-order valence-electron chi connectivity index (χ0n) is 20.3. The molecule has 0 aliphatic heterocycles. The molecule has 0 aromatic carbocycles. The third-order valence-corrected chi connectivity index (χ3v) is 9.54. The van der Waals surface area contributed by atoms with E-state index >= 15 is 0 Å². The highest BCUT2D eigenvalue weighted by Gasteiger charge is 2.27. The van der Waals surface area contributed by atoms with Crippen LogP contribution in [-0.4, -0.2) is 39.4 Å². The number of thiophene rings is 1. The lowest BCUT2D eigenvalue weighted by molar-refractivity contribution is 0.102. The van der Waals surface area contributed by atoms with Crippen LogP contribution in [0, 0.1) is 13.8 Å². The number of Topliss-reactive ketones (excluding diaryl/α,β-unsaturated/α-hetero) is 1. The fourth-order valence-electron chi connectivity index (χ4n) is 5.60. The molecule has 0 spiro atoms. The molecule has 8 heteroatoms. The molecule has 5 rings (SSSR count). The Bertz CT molecular complexity index is 1280. The number of methoxy groups -OCH3 is 1. The molecule has 2 aliphatic carbocycles. The Morgan fingerprint density at radius 1 is 1.21 bits per heavy atom. The Morgan fingerprint density at radius 3 is 2.74 bits per heavy atom. The Hall–Kier alpha value is -1.90. The van der Waals surface area contributed by atoms with Crippen molar-refractivity contribution in [1.29, 1.82) is 0 Å². The number of ketones is 1. The summed E-state index contributed by atoms with van der Waals surface area (Å²) < 4.78 is 9.30. The maximum absolute atomic E-state index is 13.8. The van der Waals surface area contributed by atoms with Gasteiger partial charge in [-0.3, -0.25) is 14.2 Å². The van der Waals surface area contributed by atoms with Gasteiger partial charge in [0.1, 0.15) is 4.83 Å². The van der Waals surface area contributed by atoms with Gasteiger partial charge in [0.05, 0.1) is 17.7 Å². The quantitative estimate of drug-likeness (QED) is 0.233. The minimum Gasteiger partial charge on any atom is -0.383 e. The monoisotopic (exact) mass is 499 g/mol. The van der Waals surface area contributed by atoms with Crippen LogP contribution in [0.15, 0.2) is 16.0 Å². The topological polar surface area (TPSA) is 66.1 Å². The largest absolute Gasteiger partial charge is 0.383 e. The van der Waals surface area contributed by atoms with Crippen molar-refractivity contribution in [2.75, 3.05) is 19.5 Å². The second kappa shape index (κ2) is 9.99. The minimum absolute atomic E-state index is 0.0829. The number of ether oxygens (including phenoxy) is 1. The van der Waals surface area contributed by atoms with Gasteiger partial charge in [-0.15, -0.1) is 11.3 Å². The van der Waals surface area contributed by atoms with E-state index in [4.69, 9.17) is 9.72 Å². The number of carbonyl (C=O) groups excluding carboxylic acids is 1. The normalized spacial score (nSPS) is 16.4. The highest BCUT2D eigenvalue weighted by Crippen LogP contribution is 2.37. The standard InChI is InChI=1S/C26H33N3O3S2/c1-16-14-20(17(2)28(16)12-13-32-3)21(30)15-33-26-27-24-23(19-10-6-7-11-22(19)34-24)25(31)29(26)18-8-4-5-9-18/h14,18H,4-13,15H2,1-3H3. The summed E-state index contributed by atoms with van der Waals surface area (Å²) in [4.78, 5) is 34.2. The van der Waals surface area contributed by atoms with Gasteiger partial charge in [0.2, 0.25) is 0 Å². The summed E-state index contributed by atoms with van der Waals surface area (Å²) in [7, 11) is 1.69. The summed E-state index contributed by atoms with van der Waals surface area (Å²) in [6, 6.07) is 2.17. The van der Waals surface area contributed by atoms with Crippen LogP contribution in [0.25, 0.3) is 10.2 Å². The Morgan fingerprint density at radius 2 is 1.97 bits per heavy atom. The van der Waals surface area contributed by atoms with Crippen molar-refractivity contribution in [3.8, 4) is 0 Å². The summed E-state index contributed by atoms with van der Waals surface area (Å²) in [5.74, 6) is 0.365. The van der Waals surface area contributed by atoms with E-state index in [9.17, 15) is 9.59 Å². The molecule has 1 saturated carbocycles. The number of aromatic nitrogens is 3. The van der Waals surface area contributed by atoms with Gasteiger partial charge in [0, 0.05) is 41.5 Å². The van der Waals surface area contributed by atoms with Crippen molar-refractivity contribution in [3.63, 3.8) is 0 Å². The van der Waals surface area contributed by atoms with Gasteiger partial charge >= 0.3 is 0 Å². The van der Waals surface area contributed by atoms with E-state index in [2.05, 4.69) is 4.57 Å². The summed E-state index contributed by atoms with van der Waals surface area (Å²) >= 11 is 3.12. The Labute approximate surface area is 208 Å². The summed E-state index contributed by atoms with van der Waals surface area (Å²) in [5, 5.41) is 1.56. The number of aryl methyl sites for hydroxylation is 3. The first kappa shape index (κ1) is 23.8. The molecule has 0 bridgehead atoms. The minimum atomic E-state index is 0.0829. The van der Waals surface area contributed by atoms with Crippen molar-refractivity contribution in [2.24, 2.45) is 0 Å². The molecule has 0 unspecified atom stereocenters. The predicted octanol–water partition coefficient (Wildman–Crippen LogP) is 5.49. The zero-order chi connectivity index (χ0) is 23.8. The van der Waals surface area contributed by atoms with Crippen LogP contribution in [0.4, 0.5) is 0 Å². The first-order valence-corrected chi connectivity index (χ1v) is 14.2. The zero-order valence-corrected chi connectivity index (χ0v) is 21.9. The van der Waals surface area contributed by atoms with Crippen LogP contribution in [0.3, 0.4) is 0 Å². The number of carbonyl (C=O) groups is 1. The summed E-state index contributed by atoms with van der Waals surface area (Å²) in [6.07, 6.45) is 8.70. The molecule has 0 atom stereocenters. The van der Waals surface area contributed by atoms with Crippen molar-refractivity contribution in [2.45, 2.75) is 83.0 Å². The van der Waals surface area contributed by atoms with Gasteiger partial charge in [0.25, 0.3) is 5.56 Å². The van der Waals surface area contributed by atoms with Gasteiger partial charge < -0.3 is 9.30 Å². The van der Waals surface area contributed by atoms with Crippen LogP contribution >= 0.6 is 23.1 Å². The second-order valence-electron chi connectivity index (χ2n) is 9.54. The van der Waals surface area contributed by atoms with E-state index in [0.29, 0.717) is 11.8 Å². The molecule has 3 heterocycles. The molecular formula is C26H33N3O3S2. The van der Waals surface area contributed by atoms with Crippen LogP contribution in [-0.2, 0) is 24.1 Å². The molecule has 2 aliphatic rings. The van der Waals surface area contributed by atoms with Gasteiger partial charge in [-0.2, -0.15) is 0 Å². The lowest BCUT2D eigenvalue weighted by Gasteiger charge is -2.18. The predicted molar refractivity (Wildman–Crippen MR) is 139 cm³/mol. The molecule has 6 nitrogen and oxygen atoms in total. The number of fused-ring (bicyclic) bond motifs is 3. The van der Waals surface area contributed by atoms with E-state index in [1.807, 2.05) is 24.5 Å². The van der Waals surface area contributed by atoms with Crippen molar-refractivity contribution in [3.05, 3.63) is 43.8 Å². The lowest BCUT2D eigenvalue weighted by Crippen LogP contribution is -2.27. The van der Waals surface area contributed by atoms with E-state index in [-0.39, 0.29) is 23.1 Å². The molecule has 0 N–H and O–H groups in total. The van der Waals surface area contributed by atoms with Gasteiger partial charge in [-0.1, -0.05) is 24.6 Å². The third-order valence-electron chi connectivity index (χ3n) is 7.40. The second-order valence-corrected chi connectivity index (χ2v) is 11.6. The van der Waals surface area contributed by atoms with Crippen LogP contribution in [0.2, 0.25) is 0 Å². The average Bonchev–Trinajstić information content (AvgIpc) is 3.54. The van der Waals surface area contributed by atoms with Crippen LogP contribution in [0.1, 0.15) is 76.8 Å². The molecule has 0 amide bonds. The molecule has 182 valence electrons. The van der Waals surface area contributed by atoms with E-state index < -0.39 is 0 Å². The molecule has 3 aromatic rings. The van der Waals surface area contributed by atoms with Gasteiger partial charge in [-0.05, 0) is 64.0 Å². The Kier molecular flexibility index (Phi) is 7.00. The van der Waals surface area contributed by atoms with Crippen LogP contribution in [0.5, 0.6) is 0 Å². The summed E-state index contributed by atoms with van der Waals surface area (Å²) in [6.45, 7) is 5.37. The highest BCUT2D eigenvalue weighted by atomic mass is 32.2. The van der Waals surface area contributed by atoms with E-state index in [1.54, 1.807) is 18.4 Å². The SMILES string of the molecule is COCCn1c(C)cc(C(=O)CSc2nc3sc4c(c3c(=O)n2C2CCCC2)CCCC4)c1C. The molecule has 3 aromatic heterocycles. The van der Waals surface area contributed by atoms with Gasteiger partial charge in [0.15, 0.2) is 10.9 Å². The lowest BCUT2D eigenvalue weighted by atomic mass is 9.97. The van der Waals surface area contributed by atoms with E-state index in [0.717, 1.165) is 78.7 Å². The number of hydrogen-bond donors (Lipinski definition) is 0. The maximum Gasteiger partial charge on any atom is 0.263 e. The van der Waals surface area contributed by atoms with Crippen molar-refractivity contribution < 1.29 is 9.53 Å². The molecule has 34 heavy (non-hydrogen) atoms.